The van der Waals surface area contributed by atoms with Crippen LogP contribution in [0, 0.1) is 0 Å². The van der Waals surface area contributed by atoms with E-state index in [2.05, 4.69) is 15.0 Å². The van der Waals surface area contributed by atoms with Gasteiger partial charge in [-0.25, -0.2) is 4.98 Å². The third-order valence-electron chi connectivity index (χ3n) is 3.22. The molecule has 3 aromatic heterocycles. The summed E-state index contributed by atoms with van der Waals surface area (Å²) < 4.78 is 5.42. The lowest BCUT2D eigenvalue weighted by Gasteiger charge is -1.95. The molecule has 0 unspecified atom stereocenters. The molecule has 3 heterocycles. The van der Waals surface area contributed by atoms with E-state index in [1.807, 2.05) is 42.5 Å². The zero-order chi connectivity index (χ0) is 13.4. The van der Waals surface area contributed by atoms with Crippen LogP contribution in [0.1, 0.15) is 0 Å². The van der Waals surface area contributed by atoms with Crippen molar-refractivity contribution in [2.75, 3.05) is 0 Å². The Morgan fingerprint density at radius 3 is 2.80 bits per heavy atom. The maximum Gasteiger partial charge on any atom is 0.140 e. The van der Waals surface area contributed by atoms with Gasteiger partial charge in [0.25, 0.3) is 0 Å². The second-order valence-corrected chi connectivity index (χ2v) is 4.54. The summed E-state index contributed by atoms with van der Waals surface area (Å²) in [5, 5.41) is 0. The van der Waals surface area contributed by atoms with Gasteiger partial charge in [0.15, 0.2) is 0 Å². The molecular formula is C16H11N3O. The Morgan fingerprint density at radius 1 is 1.00 bits per heavy atom. The molecule has 4 aromatic rings. The Kier molecular flexibility index (Phi) is 2.39. The summed E-state index contributed by atoms with van der Waals surface area (Å²) in [7, 11) is 0. The molecule has 0 amide bonds. The summed E-state index contributed by atoms with van der Waals surface area (Å²) in [6, 6.07) is 13.8. The van der Waals surface area contributed by atoms with Crippen molar-refractivity contribution >= 4 is 11.0 Å². The van der Waals surface area contributed by atoms with Crippen LogP contribution in [0.4, 0.5) is 0 Å². The number of nitrogens with zero attached hydrogens (tertiary/aromatic N) is 2. The Morgan fingerprint density at radius 2 is 2.00 bits per heavy atom. The lowest BCUT2D eigenvalue weighted by molar-refractivity contribution is 0.582. The molecule has 4 nitrogen and oxygen atoms in total. The van der Waals surface area contributed by atoms with Gasteiger partial charge >= 0.3 is 0 Å². The van der Waals surface area contributed by atoms with Crippen LogP contribution in [-0.4, -0.2) is 15.0 Å². The highest BCUT2D eigenvalue weighted by Gasteiger charge is 2.07. The van der Waals surface area contributed by atoms with Crippen molar-refractivity contribution in [3.05, 3.63) is 61.1 Å². The van der Waals surface area contributed by atoms with Gasteiger partial charge in [-0.15, -0.1) is 0 Å². The molecule has 96 valence electrons. The fourth-order valence-corrected chi connectivity index (χ4v) is 2.25. The van der Waals surface area contributed by atoms with Crippen LogP contribution in [0.15, 0.2) is 65.5 Å². The van der Waals surface area contributed by atoms with E-state index in [-0.39, 0.29) is 0 Å². The Labute approximate surface area is 115 Å². The van der Waals surface area contributed by atoms with E-state index in [9.17, 15) is 0 Å². The molecule has 0 atom stereocenters. The van der Waals surface area contributed by atoms with Crippen LogP contribution >= 0.6 is 0 Å². The van der Waals surface area contributed by atoms with Crippen molar-refractivity contribution in [3.8, 4) is 22.7 Å². The first-order valence-electron chi connectivity index (χ1n) is 6.34. The van der Waals surface area contributed by atoms with Crippen LogP contribution in [0.25, 0.3) is 33.7 Å². The number of benzene rings is 1. The molecule has 4 heteroatoms. The van der Waals surface area contributed by atoms with Crippen molar-refractivity contribution in [3.63, 3.8) is 0 Å². The number of furan rings is 1. The van der Waals surface area contributed by atoms with E-state index < -0.39 is 0 Å². The van der Waals surface area contributed by atoms with Gasteiger partial charge in [-0.05, 0) is 42.5 Å². The fourth-order valence-electron chi connectivity index (χ4n) is 2.25. The molecule has 1 aromatic carbocycles. The summed E-state index contributed by atoms with van der Waals surface area (Å²) in [6.45, 7) is 0. The Balaban J connectivity index is 1.84. The first-order valence-corrected chi connectivity index (χ1v) is 6.34. The van der Waals surface area contributed by atoms with Crippen LogP contribution < -0.4 is 0 Å². The number of nitrogens with one attached hydrogen (secondary N) is 1. The van der Waals surface area contributed by atoms with Gasteiger partial charge in [0.2, 0.25) is 0 Å². The minimum atomic E-state index is 0.824. The van der Waals surface area contributed by atoms with E-state index in [0.29, 0.717) is 0 Å². The van der Waals surface area contributed by atoms with Crippen molar-refractivity contribution in [1.29, 1.82) is 0 Å². The molecule has 4 rings (SSSR count). The fraction of sp³-hybridized carbons (Fsp3) is 0. The molecule has 0 saturated heterocycles. The molecule has 1 N–H and O–H groups in total. The smallest absolute Gasteiger partial charge is 0.140 e. The number of H-pyrrole nitrogens is 1. The van der Waals surface area contributed by atoms with Crippen LogP contribution in [0.3, 0.4) is 0 Å². The molecule has 0 aliphatic carbocycles. The SMILES string of the molecule is c1cncc(-c2nc3ccc(-c4ccco4)cc3[nH]2)c1. The number of aromatic nitrogens is 3. The minimum Gasteiger partial charge on any atom is -0.464 e. The Hall–Kier alpha value is -2.88. The maximum absolute atomic E-state index is 5.42. The average molecular weight is 261 g/mol. The van der Waals surface area contributed by atoms with Gasteiger partial charge in [0.05, 0.1) is 17.3 Å². The number of imidazole rings is 1. The van der Waals surface area contributed by atoms with Crippen molar-refractivity contribution in [2.24, 2.45) is 0 Å². The highest BCUT2D eigenvalue weighted by Crippen LogP contribution is 2.25. The lowest BCUT2D eigenvalue weighted by atomic mass is 10.1. The van der Waals surface area contributed by atoms with Gasteiger partial charge in [0.1, 0.15) is 11.6 Å². The molecule has 0 saturated carbocycles. The summed E-state index contributed by atoms with van der Waals surface area (Å²) in [5.74, 6) is 1.68. The number of fused-ring (bicyclic) bond motifs is 1. The molecule has 0 fully saturated rings. The number of rotatable bonds is 2. The normalized spacial score (nSPS) is 11.0. The van der Waals surface area contributed by atoms with Gasteiger partial charge in [-0.3, -0.25) is 4.98 Å². The summed E-state index contributed by atoms with van der Waals surface area (Å²) in [6.07, 6.45) is 5.22. The van der Waals surface area contributed by atoms with Crippen molar-refractivity contribution in [2.45, 2.75) is 0 Å². The quantitative estimate of drug-likeness (QED) is 0.595. The first-order chi connectivity index (χ1) is 9.90. The van der Waals surface area contributed by atoms with Crippen LogP contribution in [0.5, 0.6) is 0 Å². The Bertz CT molecular complexity index is 848. The molecule has 0 aliphatic rings. The summed E-state index contributed by atoms with van der Waals surface area (Å²) in [5.41, 5.74) is 3.92. The van der Waals surface area contributed by atoms with Crippen LogP contribution in [0.2, 0.25) is 0 Å². The third kappa shape index (κ3) is 1.78. The number of pyridine rings is 1. The molecular weight excluding hydrogens is 250 g/mol. The first kappa shape index (κ1) is 11.0. The predicted octanol–water partition coefficient (Wildman–Crippen LogP) is 3.88. The van der Waals surface area contributed by atoms with E-state index >= 15 is 0 Å². The van der Waals surface area contributed by atoms with E-state index in [4.69, 9.17) is 4.42 Å². The van der Waals surface area contributed by atoms with Gasteiger partial charge < -0.3 is 9.40 Å². The van der Waals surface area contributed by atoms with Gasteiger partial charge in [-0.2, -0.15) is 0 Å². The second-order valence-electron chi connectivity index (χ2n) is 4.54. The monoisotopic (exact) mass is 261 g/mol. The zero-order valence-corrected chi connectivity index (χ0v) is 10.6. The summed E-state index contributed by atoms with van der Waals surface area (Å²) >= 11 is 0. The average Bonchev–Trinajstić information content (AvgIpc) is 3.16. The highest BCUT2D eigenvalue weighted by atomic mass is 16.3. The zero-order valence-electron chi connectivity index (χ0n) is 10.6. The molecule has 20 heavy (non-hydrogen) atoms. The van der Waals surface area contributed by atoms with Crippen LogP contribution in [-0.2, 0) is 0 Å². The largest absolute Gasteiger partial charge is 0.464 e. The standard InChI is InChI=1S/C16H11N3O/c1-3-12(10-17-7-1)16-18-13-6-5-11(9-14(13)19-16)15-4-2-8-20-15/h1-10H,(H,18,19). The number of aromatic amines is 1. The van der Waals surface area contributed by atoms with E-state index in [0.717, 1.165) is 33.7 Å². The topological polar surface area (TPSA) is 54.7 Å². The molecule has 0 radical (unpaired) electrons. The molecule has 0 bridgehead atoms. The third-order valence-corrected chi connectivity index (χ3v) is 3.22. The van der Waals surface area contributed by atoms with Crippen molar-refractivity contribution < 1.29 is 4.42 Å². The number of hydrogen-bond donors (Lipinski definition) is 1. The van der Waals surface area contributed by atoms with E-state index in [1.165, 1.54) is 0 Å². The minimum absolute atomic E-state index is 0.824. The molecule has 0 spiro atoms. The van der Waals surface area contributed by atoms with Gasteiger partial charge in [-0.1, -0.05) is 0 Å². The van der Waals surface area contributed by atoms with E-state index in [1.54, 1.807) is 18.7 Å². The second kappa shape index (κ2) is 4.35. The lowest BCUT2D eigenvalue weighted by Crippen LogP contribution is -1.80. The maximum atomic E-state index is 5.42. The predicted molar refractivity (Wildman–Crippen MR) is 77.0 cm³/mol. The highest BCUT2D eigenvalue weighted by molar-refractivity contribution is 5.83. The number of hydrogen-bond acceptors (Lipinski definition) is 3. The molecule has 0 aliphatic heterocycles. The van der Waals surface area contributed by atoms with Crippen molar-refractivity contribution in [1.82, 2.24) is 15.0 Å². The van der Waals surface area contributed by atoms with Gasteiger partial charge in [0, 0.05) is 23.5 Å². The summed E-state index contributed by atoms with van der Waals surface area (Å²) in [4.78, 5) is 12.0.